The molecule has 1 saturated heterocycles. The Kier molecular flexibility index (Phi) is 8.93. The van der Waals surface area contributed by atoms with Crippen molar-refractivity contribution >= 4 is 23.7 Å². The van der Waals surface area contributed by atoms with E-state index in [4.69, 9.17) is 9.47 Å². The lowest BCUT2D eigenvalue weighted by Crippen LogP contribution is -2.52. The van der Waals surface area contributed by atoms with Gasteiger partial charge in [-0.05, 0) is 36.8 Å². The van der Waals surface area contributed by atoms with E-state index < -0.39 is 46.5 Å². The van der Waals surface area contributed by atoms with Crippen molar-refractivity contribution in [2.45, 2.75) is 51.8 Å². The fraction of sp³-hybridized carbons (Fsp3) is 0.400. The highest BCUT2D eigenvalue weighted by molar-refractivity contribution is 5.90. The third kappa shape index (κ3) is 7.00. The van der Waals surface area contributed by atoms with Gasteiger partial charge in [0.1, 0.15) is 24.4 Å². The van der Waals surface area contributed by atoms with Crippen LogP contribution in [0.3, 0.4) is 0 Å². The number of nitrogens with one attached hydrogen (secondary N) is 1. The molecule has 1 fully saturated rings. The van der Waals surface area contributed by atoms with Crippen molar-refractivity contribution in [2.75, 3.05) is 6.54 Å². The van der Waals surface area contributed by atoms with Crippen LogP contribution in [-0.4, -0.2) is 46.4 Å². The van der Waals surface area contributed by atoms with Gasteiger partial charge in [-0.15, -0.1) is 0 Å². The monoisotopic (exact) mass is 501 g/mol. The van der Waals surface area contributed by atoms with Crippen LogP contribution in [0.25, 0.3) is 0 Å². The van der Waals surface area contributed by atoms with Crippen molar-refractivity contribution in [1.29, 1.82) is 0 Å². The maximum absolute atomic E-state index is 13.9. The summed E-state index contributed by atoms with van der Waals surface area (Å²) in [7, 11) is 0. The van der Waals surface area contributed by atoms with E-state index in [2.05, 4.69) is 5.32 Å². The maximum Gasteiger partial charge on any atom is 0.410 e. The molecule has 0 saturated carbocycles. The summed E-state index contributed by atoms with van der Waals surface area (Å²) in [6, 6.07) is 10.0. The second-order valence-corrected chi connectivity index (χ2v) is 8.87. The number of nitrogens with zero attached hydrogens (tertiary/aromatic N) is 2. The van der Waals surface area contributed by atoms with Crippen molar-refractivity contribution in [2.24, 2.45) is 5.92 Å². The summed E-state index contributed by atoms with van der Waals surface area (Å²) in [6.45, 7) is 4.10. The van der Waals surface area contributed by atoms with Crippen LogP contribution >= 0.6 is 0 Å². The molecule has 11 heteroatoms. The molecule has 36 heavy (non-hydrogen) atoms. The van der Waals surface area contributed by atoms with Gasteiger partial charge in [0.15, 0.2) is 0 Å². The number of hydrogen-bond acceptors (Lipinski definition) is 7. The van der Waals surface area contributed by atoms with Gasteiger partial charge in [-0.1, -0.05) is 44.2 Å². The molecule has 0 spiro atoms. The first kappa shape index (κ1) is 26.6. The van der Waals surface area contributed by atoms with Crippen molar-refractivity contribution in [3.63, 3.8) is 0 Å². The van der Waals surface area contributed by atoms with E-state index in [0.717, 1.165) is 23.8 Å². The molecule has 0 radical (unpaired) electrons. The summed E-state index contributed by atoms with van der Waals surface area (Å²) >= 11 is 0. The zero-order valence-electron chi connectivity index (χ0n) is 20.0. The van der Waals surface area contributed by atoms with Crippen molar-refractivity contribution in [1.82, 2.24) is 10.2 Å². The van der Waals surface area contributed by atoms with Gasteiger partial charge in [-0.2, -0.15) is 4.39 Å². The molecule has 3 rings (SSSR count). The Bertz CT molecular complexity index is 1110. The predicted molar refractivity (Wildman–Crippen MR) is 126 cm³/mol. The van der Waals surface area contributed by atoms with E-state index in [0.29, 0.717) is 19.4 Å². The number of ether oxygens (including phenoxy) is 2. The predicted octanol–water partition coefficient (Wildman–Crippen LogP) is 3.97. The third-order valence-corrected chi connectivity index (χ3v) is 5.64. The molecule has 192 valence electrons. The Morgan fingerprint density at radius 1 is 1.19 bits per heavy atom. The molecule has 0 bridgehead atoms. The minimum Gasteiger partial charge on any atom is -0.445 e. The van der Waals surface area contributed by atoms with Gasteiger partial charge in [0.05, 0.1) is 4.92 Å². The summed E-state index contributed by atoms with van der Waals surface area (Å²) in [4.78, 5) is 49.7. The Morgan fingerprint density at radius 2 is 1.92 bits per heavy atom. The summed E-state index contributed by atoms with van der Waals surface area (Å²) < 4.78 is 24.5. The lowest BCUT2D eigenvalue weighted by Gasteiger charge is -2.26. The van der Waals surface area contributed by atoms with Crippen LogP contribution in [0.2, 0.25) is 0 Å². The number of halogens is 1. The molecule has 1 aliphatic rings. The molecule has 0 unspecified atom stereocenters. The Morgan fingerprint density at radius 3 is 2.56 bits per heavy atom. The van der Waals surface area contributed by atoms with E-state index in [1.54, 1.807) is 0 Å². The molecule has 10 nitrogen and oxygen atoms in total. The summed E-state index contributed by atoms with van der Waals surface area (Å²) in [5.41, 5.74) is 0.0655. The first-order chi connectivity index (χ1) is 17.2. The Labute approximate surface area is 207 Å². The fourth-order valence-electron chi connectivity index (χ4n) is 3.90. The normalized spacial score (nSPS) is 15.9. The highest BCUT2D eigenvalue weighted by atomic mass is 19.1. The molecule has 1 heterocycles. The molecule has 1 N–H and O–H groups in total. The number of carbonyl (C=O) groups is 3. The van der Waals surface area contributed by atoms with Gasteiger partial charge in [0.2, 0.25) is 11.7 Å². The lowest BCUT2D eigenvalue weighted by molar-refractivity contribution is -0.387. The minimum absolute atomic E-state index is 0.00744. The van der Waals surface area contributed by atoms with Crippen LogP contribution in [0.4, 0.5) is 14.9 Å². The first-order valence-electron chi connectivity index (χ1n) is 11.6. The van der Waals surface area contributed by atoms with Gasteiger partial charge in [-0.25, -0.2) is 9.59 Å². The second kappa shape index (κ2) is 12.1. The fourth-order valence-corrected chi connectivity index (χ4v) is 3.90. The lowest BCUT2D eigenvalue weighted by atomic mass is 10.0. The number of hydrogen-bond donors (Lipinski definition) is 1. The number of nitro groups is 1. The van der Waals surface area contributed by atoms with E-state index in [1.807, 2.05) is 44.2 Å². The highest BCUT2D eigenvalue weighted by Gasteiger charge is 2.37. The molecule has 2 atom stereocenters. The molecule has 2 aromatic carbocycles. The molecule has 2 amide bonds. The maximum atomic E-state index is 13.9. The largest absolute Gasteiger partial charge is 0.445 e. The smallest absolute Gasteiger partial charge is 0.410 e. The highest BCUT2D eigenvalue weighted by Crippen LogP contribution is 2.24. The number of amides is 2. The van der Waals surface area contributed by atoms with E-state index >= 15 is 0 Å². The quantitative estimate of drug-likeness (QED) is 0.238. The third-order valence-electron chi connectivity index (χ3n) is 5.64. The van der Waals surface area contributed by atoms with Crippen LogP contribution in [0.15, 0.2) is 48.5 Å². The van der Waals surface area contributed by atoms with Crippen LogP contribution in [-0.2, 0) is 20.9 Å². The molecule has 0 aromatic heterocycles. The van der Waals surface area contributed by atoms with Gasteiger partial charge < -0.3 is 14.8 Å². The molecule has 1 aliphatic heterocycles. The van der Waals surface area contributed by atoms with Crippen LogP contribution in [0.1, 0.15) is 38.7 Å². The molecule has 0 aliphatic carbocycles. The van der Waals surface area contributed by atoms with Crippen LogP contribution < -0.4 is 10.1 Å². The zero-order valence-corrected chi connectivity index (χ0v) is 20.0. The second-order valence-electron chi connectivity index (χ2n) is 8.87. The number of benzene rings is 2. The molecule has 2 aromatic rings. The van der Waals surface area contributed by atoms with E-state index in [9.17, 15) is 28.9 Å². The average molecular weight is 502 g/mol. The summed E-state index contributed by atoms with van der Waals surface area (Å²) in [5.74, 6) is -2.75. The van der Waals surface area contributed by atoms with Gasteiger partial charge in [0.25, 0.3) is 0 Å². The first-order valence-corrected chi connectivity index (χ1v) is 11.6. The molecular weight excluding hydrogens is 473 g/mol. The van der Waals surface area contributed by atoms with Crippen molar-refractivity contribution < 1.29 is 33.2 Å². The zero-order chi connectivity index (χ0) is 26.2. The van der Waals surface area contributed by atoms with Gasteiger partial charge >= 0.3 is 17.7 Å². The average Bonchev–Trinajstić information content (AvgIpc) is 3.32. The number of rotatable bonds is 9. The van der Waals surface area contributed by atoms with Gasteiger partial charge in [-0.3, -0.25) is 19.8 Å². The van der Waals surface area contributed by atoms with Crippen LogP contribution in [0, 0.1) is 21.8 Å². The van der Waals surface area contributed by atoms with Crippen molar-refractivity contribution in [3.05, 3.63) is 70.0 Å². The van der Waals surface area contributed by atoms with Gasteiger partial charge in [0, 0.05) is 18.7 Å². The van der Waals surface area contributed by atoms with Crippen LogP contribution in [0.5, 0.6) is 5.75 Å². The number of esters is 1. The summed E-state index contributed by atoms with van der Waals surface area (Å²) in [5, 5.41) is 13.4. The minimum atomic E-state index is -1.15. The number of carbonyl (C=O) groups excluding carboxylic acids is 3. The summed E-state index contributed by atoms with van der Waals surface area (Å²) in [6.07, 6.45) is 0.606. The topological polar surface area (TPSA) is 128 Å². The Hall–Kier alpha value is -4.02. The number of likely N-dealkylation sites (tertiary alicyclic amines) is 1. The van der Waals surface area contributed by atoms with Crippen molar-refractivity contribution in [3.8, 4) is 5.75 Å². The standard InChI is InChI=1S/C25H28FN3O7/c1-16(2)13-20(24(31)36-18-10-11-21(29(33)34)19(26)14-18)27-23(30)22-9-6-12-28(22)25(32)35-15-17-7-4-3-5-8-17/h3-5,7-8,10-11,14,16,20,22H,6,9,12-13,15H2,1-2H3,(H,27,30)/t20-,22-/m0/s1. The van der Waals surface area contributed by atoms with E-state index in [-0.39, 0.29) is 24.7 Å². The Balaban J connectivity index is 1.64. The van der Waals surface area contributed by atoms with E-state index in [1.165, 1.54) is 4.90 Å². The SMILES string of the molecule is CC(C)C[C@H](NC(=O)[C@@H]1CCCN1C(=O)OCc1ccccc1)C(=O)Oc1ccc([N+](=O)[O-])c(F)c1. The number of nitro benzene ring substituents is 1. The molecular formula is C25H28FN3O7.